The number of carbonyl (C=O) groups excluding carboxylic acids is 1. The Morgan fingerprint density at radius 1 is 1.19 bits per heavy atom. The SMILES string of the molecule is Cc1cc(/C=C2/SC(=S)N(C)C2=O)c(C)n1-c1cccc(C(F)(F)F)c1. The van der Waals surface area contributed by atoms with E-state index in [0.29, 0.717) is 14.9 Å². The average molecular weight is 396 g/mol. The number of amides is 1. The number of thioether (sulfide) groups is 1. The van der Waals surface area contributed by atoms with Crippen LogP contribution in [0.15, 0.2) is 35.2 Å². The number of likely N-dealkylation sites (N-methyl/N-ethyl adjacent to an activating group) is 1. The Morgan fingerprint density at radius 3 is 2.46 bits per heavy atom. The van der Waals surface area contributed by atoms with E-state index in [4.69, 9.17) is 12.2 Å². The molecule has 3 nitrogen and oxygen atoms in total. The number of benzene rings is 1. The zero-order valence-corrected chi connectivity index (χ0v) is 15.9. The Labute approximate surface area is 158 Å². The standard InChI is InChI=1S/C18H15F3N2OS2/c1-10-7-12(8-15-16(24)22(3)17(25)26-15)11(2)23(10)14-6-4-5-13(9-14)18(19,20)21/h4-9H,1-3H3/b15-8+. The predicted octanol–water partition coefficient (Wildman–Crippen LogP) is 4.94. The van der Waals surface area contributed by atoms with Crippen molar-refractivity contribution < 1.29 is 18.0 Å². The van der Waals surface area contributed by atoms with Crippen LogP contribution >= 0.6 is 24.0 Å². The molecule has 1 amide bonds. The molecule has 3 rings (SSSR count). The largest absolute Gasteiger partial charge is 0.416 e. The molecule has 2 aromatic rings. The number of alkyl halides is 3. The van der Waals surface area contributed by atoms with Crippen molar-refractivity contribution in [2.24, 2.45) is 0 Å². The number of halogens is 3. The van der Waals surface area contributed by atoms with Crippen LogP contribution in [-0.2, 0) is 11.0 Å². The summed E-state index contributed by atoms with van der Waals surface area (Å²) in [5, 5.41) is 0. The highest BCUT2D eigenvalue weighted by Gasteiger charge is 2.31. The highest BCUT2D eigenvalue weighted by atomic mass is 32.2. The molecular formula is C18H15F3N2OS2. The van der Waals surface area contributed by atoms with Gasteiger partial charge in [0.1, 0.15) is 4.32 Å². The van der Waals surface area contributed by atoms with Crippen molar-refractivity contribution in [1.82, 2.24) is 9.47 Å². The first-order valence-corrected chi connectivity index (χ1v) is 8.90. The van der Waals surface area contributed by atoms with Crippen molar-refractivity contribution in [1.29, 1.82) is 0 Å². The van der Waals surface area contributed by atoms with Gasteiger partial charge < -0.3 is 4.57 Å². The van der Waals surface area contributed by atoms with E-state index in [1.165, 1.54) is 22.7 Å². The van der Waals surface area contributed by atoms with Gasteiger partial charge in [-0.2, -0.15) is 13.2 Å². The van der Waals surface area contributed by atoms with Gasteiger partial charge in [0, 0.05) is 24.1 Å². The summed E-state index contributed by atoms with van der Waals surface area (Å²) in [5.74, 6) is -0.177. The zero-order valence-electron chi connectivity index (χ0n) is 14.2. The Kier molecular flexibility index (Phi) is 4.74. The molecule has 0 spiro atoms. The number of carbonyl (C=O) groups is 1. The van der Waals surface area contributed by atoms with Crippen molar-refractivity contribution in [2.75, 3.05) is 7.05 Å². The third kappa shape index (κ3) is 3.31. The van der Waals surface area contributed by atoms with Gasteiger partial charge in [0.05, 0.1) is 10.5 Å². The van der Waals surface area contributed by atoms with Crippen LogP contribution in [0.25, 0.3) is 11.8 Å². The van der Waals surface area contributed by atoms with Crippen molar-refractivity contribution in [2.45, 2.75) is 20.0 Å². The number of aryl methyl sites for hydroxylation is 1. The minimum atomic E-state index is -4.40. The lowest BCUT2D eigenvalue weighted by Crippen LogP contribution is -2.22. The Morgan fingerprint density at radius 2 is 1.88 bits per heavy atom. The molecule has 1 aliphatic rings. The molecule has 0 atom stereocenters. The lowest BCUT2D eigenvalue weighted by Gasteiger charge is -2.13. The number of aromatic nitrogens is 1. The molecule has 0 saturated carbocycles. The van der Waals surface area contributed by atoms with Crippen LogP contribution in [-0.4, -0.2) is 26.7 Å². The first kappa shape index (κ1) is 18.7. The van der Waals surface area contributed by atoms with E-state index < -0.39 is 11.7 Å². The predicted molar refractivity (Wildman–Crippen MR) is 101 cm³/mol. The van der Waals surface area contributed by atoms with E-state index in [-0.39, 0.29) is 5.91 Å². The van der Waals surface area contributed by atoms with Gasteiger partial charge in [0.2, 0.25) is 0 Å². The van der Waals surface area contributed by atoms with Gasteiger partial charge in [-0.15, -0.1) is 0 Å². The van der Waals surface area contributed by atoms with E-state index in [1.807, 2.05) is 19.9 Å². The highest BCUT2D eigenvalue weighted by molar-refractivity contribution is 8.26. The smallest absolute Gasteiger partial charge is 0.318 e. The maximum absolute atomic E-state index is 13.0. The second kappa shape index (κ2) is 6.59. The summed E-state index contributed by atoms with van der Waals surface area (Å²) in [5.41, 5.74) is 2.03. The maximum Gasteiger partial charge on any atom is 0.416 e. The van der Waals surface area contributed by atoms with Crippen LogP contribution in [0.3, 0.4) is 0 Å². The Bertz CT molecular complexity index is 944. The van der Waals surface area contributed by atoms with Crippen LogP contribution in [0.1, 0.15) is 22.5 Å². The normalized spacial score (nSPS) is 16.8. The molecule has 8 heteroatoms. The molecule has 1 aromatic heterocycles. The fourth-order valence-electron chi connectivity index (χ4n) is 2.84. The molecular weight excluding hydrogens is 381 g/mol. The van der Waals surface area contributed by atoms with Gasteiger partial charge in [0.25, 0.3) is 5.91 Å². The zero-order chi connectivity index (χ0) is 19.2. The summed E-state index contributed by atoms with van der Waals surface area (Å²) < 4.78 is 41.2. The van der Waals surface area contributed by atoms with Crippen LogP contribution < -0.4 is 0 Å². The quantitative estimate of drug-likeness (QED) is 0.531. The fourth-order valence-corrected chi connectivity index (χ4v) is 4.01. The van der Waals surface area contributed by atoms with Gasteiger partial charge >= 0.3 is 6.18 Å². The minimum absolute atomic E-state index is 0.177. The molecule has 0 aliphatic carbocycles. The number of nitrogens with zero attached hydrogens (tertiary/aromatic N) is 2. The van der Waals surface area contributed by atoms with Crippen LogP contribution in [0.2, 0.25) is 0 Å². The topological polar surface area (TPSA) is 25.2 Å². The van der Waals surface area contributed by atoms with Gasteiger partial charge in [-0.05, 0) is 49.8 Å². The van der Waals surface area contributed by atoms with Crippen molar-refractivity contribution >= 4 is 40.3 Å². The number of hydrogen-bond acceptors (Lipinski definition) is 3. The fraction of sp³-hybridized carbons (Fsp3) is 0.222. The molecule has 0 N–H and O–H groups in total. The van der Waals surface area contributed by atoms with Crippen LogP contribution in [0.5, 0.6) is 0 Å². The number of rotatable bonds is 2. The molecule has 2 heterocycles. The molecule has 1 fully saturated rings. The number of hydrogen-bond donors (Lipinski definition) is 0. The molecule has 1 aromatic carbocycles. The number of thiocarbonyl (C=S) groups is 1. The van der Waals surface area contributed by atoms with E-state index in [2.05, 4.69) is 0 Å². The lowest BCUT2D eigenvalue weighted by atomic mass is 10.2. The lowest BCUT2D eigenvalue weighted by molar-refractivity contribution is -0.137. The molecule has 1 aliphatic heterocycles. The minimum Gasteiger partial charge on any atom is -0.318 e. The summed E-state index contributed by atoms with van der Waals surface area (Å²) in [7, 11) is 1.62. The second-order valence-electron chi connectivity index (χ2n) is 5.95. The van der Waals surface area contributed by atoms with Crippen molar-refractivity contribution in [3.05, 3.63) is 57.8 Å². The third-order valence-corrected chi connectivity index (χ3v) is 5.66. The molecule has 26 heavy (non-hydrogen) atoms. The average Bonchev–Trinajstić information content (AvgIpc) is 2.98. The van der Waals surface area contributed by atoms with E-state index in [1.54, 1.807) is 23.8 Å². The van der Waals surface area contributed by atoms with Gasteiger partial charge in [-0.25, -0.2) is 0 Å². The van der Waals surface area contributed by atoms with Crippen LogP contribution in [0.4, 0.5) is 13.2 Å². The first-order chi connectivity index (χ1) is 12.1. The molecule has 1 saturated heterocycles. The second-order valence-corrected chi connectivity index (χ2v) is 7.63. The Hall–Kier alpha value is -2.06. The molecule has 0 bridgehead atoms. The monoisotopic (exact) mass is 396 g/mol. The van der Waals surface area contributed by atoms with E-state index in [9.17, 15) is 18.0 Å². The highest BCUT2D eigenvalue weighted by Crippen LogP contribution is 2.34. The maximum atomic E-state index is 13.0. The van der Waals surface area contributed by atoms with Gasteiger partial charge in [-0.1, -0.05) is 30.0 Å². The summed E-state index contributed by atoms with van der Waals surface area (Å²) in [6.45, 7) is 3.63. The summed E-state index contributed by atoms with van der Waals surface area (Å²) in [4.78, 5) is 14.1. The molecule has 0 unspecified atom stereocenters. The summed E-state index contributed by atoms with van der Waals surface area (Å²) in [6.07, 6.45) is -2.67. The van der Waals surface area contributed by atoms with Crippen LogP contribution in [0, 0.1) is 13.8 Å². The summed E-state index contributed by atoms with van der Waals surface area (Å²) in [6, 6.07) is 7.03. The van der Waals surface area contributed by atoms with Gasteiger partial charge in [0.15, 0.2) is 0 Å². The van der Waals surface area contributed by atoms with E-state index >= 15 is 0 Å². The molecule has 0 radical (unpaired) electrons. The van der Waals surface area contributed by atoms with Crippen molar-refractivity contribution in [3.63, 3.8) is 0 Å². The first-order valence-electron chi connectivity index (χ1n) is 7.67. The van der Waals surface area contributed by atoms with Gasteiger partial charge in [-0.3, -0.25) is 9.69 Å². The van der Waals surface area contributed by atoms with E-state index in [0.717, 1.165) is 29.1 Å². The summed E-state index contributed by atoms with van der Waals surface area (Å²) >= 11 is 6.33. The molecule has 136 valence electrons. The van der Waals surface area contributed by atoms with Crippen molar-refractivity contribution in [3.8, 4) is 5.69 Å². The Balaban J connectivity index is 2.05. The third-order valence-electron chi connectivity index (χ3n) is 4.18.